The van der Waals surface area contributed by atoms with Gasteiger partial charge in [0, 0.05) is 10.0 Å². The van der Waals surface area contributed by atoms with Gasteiger partial charge in [-0.3, -0.25) is 0 Å². The van der Waals surface area contributed by atoms with Crippen molar-refractivity contribution in [3.8, 4) is 11.5 Å². The highest BCUT2D eigenvalue weighted by Crippen LogP contribution is 2.34. The van der Waals surface area contributed by atoms with Crippen LogP contribution in [0.15, 0.2) is 97.7 Å². The van der Waals surface area contributed by atoms with Crippen molar-refractivity contribution in [2.45, 2.75) is 22.9 Å². The first kappa shape index (κ1) is 21.3. The van der Waals surface area contributed by atoms with Gasteiger partial charge in [0.2, 0.25) is 26.6 Å². The highest BCUT2D eigenvalue weighted by atomic mass is 79.9. The van der Waals surface area contributed by atoms with Gasteiger partial charge < -0.3 is 9.73 Å². The average Bonchev–Trinajstić information content (AvgIpc) is 3.20. The Hall–Kier alpha value is -2.97. The fraction of sp³-hybridized carbons (Fsp3) is 0.0870. The molecule has 0 bridgehead atoms. The van der Waals surface area contributed by atoms with E-state index in [0.717, 1.165) is 22.2 Å². The number of hydrogen-bond donors (Lipinski definition) is 1. The van der Waals surface area contributed by atoms with Crippen LogP contribution < -0.4 is 5.32 Å². The molecule has 8 heteroatoms. The Morgan fingerprint density at radius 3 is 2.26 bits per heavy atom. The van der Waals surface area contributed by atoms with Gasteiger partial charge in [0.05, 0.1) is 10.9 Å². The predicted molar refractivity (Wildman–Crippen MR) is 120 cm³/mol. The molecule has 3 aromatic carbocycles. The van der Waals surface area contributed by atoms with Crippen molar-refractivity contribution < 1.29 is 17.2 Å². The molecular formula is C23H18BrFN2O3S. The smallest absolute Gasteiger partial charge is 0.234 e. The molecule has 4 rings (SSSR count). The number of nitrogens with zero attached hydrogens (tertiary/aromatic N) is 1. The van der Waals surface area contributed by atoms with E-state index < -0.39 is 15.7 Å². The maximum absolute atomic E-state index is 13.3. The first-order valence-electron chi connectivity index (χ1n) is 9.43. The molecule has 0 amide bonds. The van der Waals surface area contributed by atoms with E-state index in [1.54, 1.807) is 12.1 Å². The zero-order valence-corrected chi connectivity index (χ0v) is 18.8. The summed E-state index contributed by atoms with van der Waals surface area (Å²) >= 11 is 3.37. The fourth-order valence-corrected chi connectivity index (χ4v) is 4.57. The first-order chi connectivity index (χ1) is 14.8. The zero-order chi connectivity index (χ0) is 22.0. The number of benzene rings is 3. The summed E-state index contributed by atoms with van der Waals surface area (Å²) in [6.45, 7) is 1.89. The lowest BCUT2D eigenvalue weighted by Crippen LogP contribution is -2.10. The number of halogens is 2. The van der Waals surface area contributed by atoms with Crippen molar-refractivity contribution in [2.24, 2.45) is 0 Å². The van der Waals surface area contributed by atoms with E-state index in [-0.39, 0.29) is 27.7 Å². The third kappa shape index (κ3) is 4.55. The summed E-state index contributed by atoms with van der Waals surface area (Å²) in [4.78, 5) is 4.23. The highest BCUT2D eigenvalue weighted by molar-refractivity contribution is 9.10. The lowest BCUT2D eigenvalue weighted by molar-refractivity contribution is 0.570. The number of nitrogens with one attached hydrogen (secondary N) is 1. The molecule has 0 fully saturated rings. The summed E-state index contributed by atoms with van der Waals surface area (Å²) in [7, 11) is -4.05. The van der Waals surface area contributed by atoms with Crippen LogP contribution in [0.5, 0.6) is 0 Å². The van der Waals surface area contributed by atoms with Crippen LogP contribution in [0.25, 0.3) is 11.5 Å². The monoisotopic (exact) mass is 500 g/mol. The van der Waals surface area contributed by atoms with E-state index in [0.29, 0.717) is 5.56 Å². The molecule has 31 heavy (non-hydrogen) atoms. The Balaban J connectivity index is 1.80. The summed E-state index contributed by atoms with van der Waals surface area (Å²) in [5, 5.41) is 2.87. The van der Waals surface area contributed by atoms with Crippen molar-refractivity contribution in [1.82, 2.24) is 4.98 Å². The van der Waals surface area contributed by atoms with E-state index in [1.807, 2.05) is 49.4 Å². The second-order valence-corrected chi connectivity index (χ2v) is 9.67. The zero-order valence-electron chi connectivity index (χ0n) is 16.4. The van der Waals surface area contributed by atoms with E-state index in [4.69, 9.17) is 4.42 Å². The Labute approximate surface area is 188 Å². The largest absolute Gasteiger partial charge is 0.419 e. The molecule has 158 valence electrons. The van der Waals surface area contributed by atoms with Gasteiger partial charge in [-0.25, -0.2) is 12.8 Å². The van der Waals surface area contributed by atoms with Gasteiger partial charge in [-0.05, 0) is 61.0 Å². The maximum atomic E-state index is 13.3. The molecule has 1 unspecified atom stereocenters. The van der Waals surface area contributed by atoms with Crippen LogP contribution in [0.1, 0.15) is 18.5 Å². The molecule has 0 aliphatic rings. The minimum Gasteiger partial charge on any atom is -0.419 e. The molecule has 4 aromatic rings. The molecule has 0 spiro atoms. The van der Waals surface area contributed by atoms with Crippen LogP contribution in [-0.2, 0) is 9.84 Å². The number of hydrogen-bond acceptors (Lipinski definition) is 5. The molecule has 0 aliphatic heterocycles. The second-order valence-electron chi connectivity index (χ2n) is 6.89. The minimum absolute atomic E-state index is 0.0265. The van der Waals surface area contributed by atoms with Crippen LogP contribution in [-0.4, -0.2) is 13.4 Å². The van der Waals surface area contributed by atoms with Gasteiger partial charge in [0.15, 0.2) is 0 Å². The Kier molecular flexibility index (Phi) is 5.93. The van der Waals surface area contributed by atoms with Crippen LogP contribution >= 0.6 is 15.9 Å². The molecule has 5 nitrogen and oxygen atoms in total. The standard InChI is InChI=1S/C23H18BrFN2O3S/c1-15(16-5-3-2-4-6-16)26-22-23(31(28,29)20-13-11-19(25)12-14-20)27-21(30-22)17-7-9-18(24)10-8-17/h2-15,26H,1H3. The third-order valence-corrected chi connectivity index (χ3v) is 6.92. The van der Waals surface area contributed by atoms with Gasteiger partial charge in [0.25, 0.3) is 0 Å². The average molecular weight is 501 g/mol. The first-order valence-corrected chi connectivity index (χ1v) is 11.7. The summed E-state index contributed by atoms with van der Waals surface area (Å²) in [5.41, 5.74) is 1.58. The summed E-state index contributed by atoms with van der Waals surface area (Å²) < 4.78 is 46.7. The van der Waals surface area contributed by atoms with Crippen molar-refractivity contribution >= 4 is 31.7 Å². The molecule has 0 radical (unpaired) electrons. The summed E-state index contributed by atoms with van der Waals surface area (Å²) in [6, 6.07) is 21.1. The lowest BCUT2D eigenvalue weighted by Gasteiger charge is -2.14. The number of rotatable bonds is 6. The van der Waals surface area contributed by atoms with E-state index >= 15 is 0 Å². The van der Waals surface area contributed by atoms with Crippen molar-refractivity contribution in [3.05, 3.63) is 94.7 Å². The van der Waals surface area contributed by atoms with Crippen molar-refractivity contribution in [2.75, 3.05) is 5.32 Å². The van der Waals surface area contributed by atoms with Crippen molar-refractivity contribution in [3.63, 3.8) is 0 Å². The molecular weight excluding hydrogens is 483 g/mol. The molecule has 1 aromatic heterocycles. The predicted octanol–water partition coefficient (Wildman–Crippen LogP) is 6.25. The van der Waals surface area contributed by atoms with Crippen LogP contribution in [0.4, 0.5) is 10.3 Å². The van der Waals surface area contributed by atoms with Crippen LogP contribution in [0.2, 0.25) is 0 Å². The Bertz CT molecular complexity index is 1290. The van der Waals surface area contributed by atoms with Gasteiger partial charge in [-0.15, -0.1) is 0 Å². The van der Waals surface area contributed by atoms with Gasteiger partial charge >= 0.3 is 0 Å². The Morgan fingerprint density at radius 2 is 1.61 bits per heavy atom. The summed E-state index contributed by atoms with van der Waals surface area (Å²) in [5.74, 6) is -0.333. The number of anilines is 1. The molecule has 0 aliphatic carbocycles. The van der Waals surface area contributed by atoms with Crippen LogP contribution in [0.3, 0.4) is 0 Å². The number of sulfone groups is 1. The highest BCUT2D eigenvalue weighted by Gasteiger charge is 2.29. The number of oxazole rings is 1. The topological polar surface area (TPSA) is 72.2 Å². The van der Waals surface area contributed by atoms with E-state index in [2.05, 4.69) is 26.2 Å². The van der Waals surface area contributed by atoms with Gasteiger partial charge in [0.1, 0.15) is 5.82 Å². The molecule has 1 heterocycles. The maximum Gasteiger partial charge on any atom is 0.234 e. The van der Waals surface area contributed by atoms with Crippen molar-refractivity contribution in [1.29, 1.82) is 0 Å². The number of aromatic nitrogens is 1. The van der Waals surface area contributed by atoms with Gasteiger partial charge in [-0.1, -0.05) is 46.3 Å². The lowest BCUT2D eigenvalue weighted by atomic mass is 10.1. The minimum atomic E-state index is -4.05. The fourth-order valence-electron chi connectivity index (χ4n) is 3.04. The SMILES string of the molecule is CC(Nc1oc(-c2ccc(Br)cc2)nc1S(=O)(=O)c1ccc(F)cc1)c1ccccc1. The molecule has 0 saturated carbocycles. The summed E-state index contributed by atoms with van der Waals surface area (Å²) in [6.07, 6.45) is 0. The molecule has 1 N–H and O–H groups in total. The van der Waals surface area contributed by atoms with E-state index in [9.17, 15) is 12.8 Å². The van der Waals surface area contributed by atoms with Crippen LogP contribution in [0, 0.1) is 5.82 Å². The van der Waals surface area contributed by atoms with Gasteiger partial charge in [-0.2, -0.15) is 4.98 Å². The normalized spacial score (nSPS) is 12.5. The molecule has 1 atom stereocenters. The second kappa shape index (κ2) is 8.64. The Morgan fingerprint density at radius 1 is 0.968 bits per heavy atom. The third-order valence-electron chi connectivity index (χ3n) is 4.71. The quantitative estimate of drug-likeness (QED) is 0.316. The van der Waals surface area contributed by atoms with E-state index in [1.165, 1.54) is 12.1 Å². The molecule has 0 saturated heterocycles.